The third-order valence-corrected chi connectivity index (χ3v) is 12.6. The van der Waals surface area contributed by atoms with Gasteiger partial charge in [0.2, 0.25) is 0 Å². The Hall–Kier alpha value is -3.13. The molecular weight excluding hydrogens is 1100 g/mol. The van der Waals surface area contributed by atoms with Gasteiger partial charge in [-0.05, 0) is 0 Å². The third kappa shape index (κ3) is 15.5. The number of aromatic amines is 2. The smallest absolute Gasteiger partial charge is 1.00 e. The van der Waals surface area contributed by atoms with Crippen molar-refractivity contribution in [3.63, 3.8) is 0 Å². The number of Topliss-reactive ketones (excluding diaryl/α,β-unsaturated/α-hetero) is 2. The molecule has 2 unspecified atom stereocenters. The molecule has 0 aliphatic heterocycles. The van der Waals surface area contributed by atoms with Gasteiger partial charge in [-0.3, -0.25) is 0 Å². The molecule has 0 amide bonds. The predicted octanol–water partition coefficient (Wildman–Crippen LogP) is -0.143. The number of halogens is 8. The van der Waals surface area contributed by atoms with Gasteiger partial charge in [-0.25, -0.2) is 0 Å². The minimum Gasteiger partial charge on any atom is -1.00 e. The summed E-state index contributed by atoms with van der Waals surface area (Å²) in [7, 11) is 0. The molecule has 6 rings (SSSR count). The van der Waals surface area contributed by atoms with Crippen molar-refractivity contribution in [2.75, 3.05) is 0 Å². The Kier molecular flexibility index (Phi) is 23.1. The van der Waals surface area contributed by atoms with E-state index in [2.05, 4.69) is 50.8 Å². The molecule has 6 aromatic rings. The van der Waals surface area contributed by atoms with Gasteiger partial charge in [0.15, 0.2) is 0 Å². The molecule has 0 aliphatic rings. The molecule has 2 aromatic heterocycles. The van der Waals surface area contributed by atoms with Gasteiger partial charge in [-0.1, -0.05) is 23.2 Å². The Labute approximate surface area is 434 Å². The number of ketones is 2. The zero-order valence-electron chi connectivity index (χ0n) is 34.9. The van der Waals surface area contributed by atoms with E-state index in [-0.39, 0.29) is 61.2 Å². The number of aromatic nitrogens is 6. The number of rotatable bonds is 12. The maximum Gasteiger partial charge on any atom is -1.00 e. The Balaban J connectivity index is 0.000000602. The van der Waals surface area contributed by atoms with Crippen LogP contribution in [0, 0.1) is 10.8 Å². The van der Waals surface area contributed by atoms with Gasteiger partial charge in [0.25, 0.3) is 0 Å². The number of H-pyrrole nitrogens is 2. The summed E-state index contributed by atoms with van der Waals surface area (Å²) in [5.41, 5.74) is 0.993. The van der Waals surface area contributed by atoms with E-state index in [1.165, 1.54) is 12.7 Å². The minimum absolute atomic E-state index is 0. The van der Waals surface area contributed by atoms with E-state index in [1.807, 2.05) is 41.5 Å². The molecule has 0 aliphatic carbocycles. The maximum atomic E-state index is 13.1. The standard InChI is InChI=1S/2C20H18Cl2N5O2.4ClH.2Zn/c2*1-20(2,3)18(28)17(19-23-11-24-27-19)29-14-7-5-13(6-8-14)25-26-16-9-4-12(21)10-15(16)22;;;;;;/h2*4-11H,1-3H3,(H,23,24,27);4*1H;;/q;;;;;;2*+2/p-4. The number of hydrogen-bond donors (Lipinski definition) is 2. The Bertz CT molecular complexity index is 2320. The topological polar surface area (TPSA) is 185 Å². The van der Waals surface area contributed by atoms with Crippen LogP contribution in [0.1, 0.15) is 53.2 Å². The second-order valence-corrected chi connectivity index (χ2v) is 21.1. The second-order valence-electron chi connectivity index (χ2n) is 15.2. The van der Waals surface area contributed by atoms with Crippen LogP contribution in [-0.4, -0.2) is 41.9 Å². The summed E-state index contributed by atoms with van der Waals surface area (Å²) in [6, 6.07) is 23.8. The van der Waals surface area contributed by atoms with Gasteiger partial charge < -0.3 is 49.6 Å². The molecule has 2 atom stereocenters. The van der Waals surface area contributed by atoms with E-state index in [0.717, 1.165) is 0 Å². The van der Waals surface area contributed by atoms with Gasteiger partial charge in [0.1, 0.15) is 0 Å². The molecule has 0 spiro atoms. The Morgan fingerprint density at radius 3 is 1.12 bits per heavy atom. The van der Waals surface area contributed by atoms with Crippen molar-refractivity contribution in [2.24, 2.45) is 31.3 Å². The normalized spacial score (nSPS) is 13.1. The van der Waals surface area contributed by atoms with Crippen molar-refractivity contribution in [2.45, 2.75) is 49.9 Å². The summed E-state index contributed by atoms with van der Waals surface area (Å²) in [4.78, 5) is 34.6. The molecule has 0 saturated carbocycles. The van der Waals surface area contributed by atoms with Gasteiger partial charge in [0.05, 0.1) is 0 Å². The first-order valence-corrected chi connectivity index (χ1v) is 22.5. The van der Waals surface area contributed by atoms with Crippen molar-refractivity contribution in [3.05, 3.63) is 129 Å². The molecule has 0 fully saturated rings. The number of hydrogen-bond acceptors (Lipinski definition) is 12. The van der Waals surface area contributed by atoms with Gasteiger partial charge >= 0.3 is 366 Å². The monoisotopic (exact) mass is 1130 g/mol. The molecule has 0 saturated heterocycles. The molecule has 0 radical (unpaired) electrons. The zero-order valence-corrected chi connectivity index (χ0v) is 46.9. The van der Waals surface area contributed by atoms with Crippen LogP contribution in [0.2, 0.25) is 20.1 Å². The average Bonchev–Trinajstić information content (AvgIpc) is 3.94. The summed E-state index contributed by atoms with van der Waals surface area (Å²) >= 11 is 25.0. The first-order chi connectivity index (χ1) is 28.2. The van der Waals surface area contributed by atoms with E-state index >= 15 is 0 Å². The van der Waals surface area contributed by atoms with Crippen LogP contribution in [0.5, 0.6) is 11.5 Å². The largest absolute Gasteiger partial charge is 1.00 e. The molecule has 4 aromatic carbocycles. The predicted molar refractivity (Wildman–Crippen MR) is 220 cm³/mol. The summed E-state index contributed by atoms with van der Waals surface area (Å²) in [5, 5.41) is 32.1. The molecule has 64 heavy (non-hydrogen) atoms. The van der Waals surface area contributed by atoms with Crippen molar-refractivity contribution >= 4 is 80.7 Å². The van der Waals surface area contributed by atoms with Gasteiger partial charge in [-0.15, -0.1) is 0 Å². The number of carbonyl (C=O) groups is 2. The number of carbonyl (C=O) groups excluding carboxylic acids is 2. The van der Waals surface area contributed by atoms with Crippen molar-refractivity contribution in [3.8, 4) is 11.5 Å². The first kappa shape index (κ1) is 58.9. The average molecular weight is 1140 g/mol. The molecule has 2 heterocycles. The zero-order chi connectivity index (χ0) is 43.9. The molecular formula is C40H36Cl8N10O4Zn2. The quantitative estimate of drug-likeness (QED) is 0.125. The summed E-state index contributed by atoms with van der Waals surface area (Å²) in [6.45, 7) is 11.1. The van der Waals surface area contributed by atoms with Crippen molar-refractivity contribution < 1.29 is 105 Å². The van der Waals surface area contributed by atoms with Crippen LogP contribution in [0.15, 0.2) is 118 Å². The van der Waals surface area contributed by atoms with Crippen LogP contribution >= 0.6 is 46.4 Å². The SMILES string of the molecule is CC(C)(C)C(=O)[C]([Zn+2])(Oc1ccc(N=Nc2ccc(Cl)cc2Cl)cc1)c1nc[nH]n1.CC(C)(C)C(=O)[C]([Zn+2])(Oc1ccc(N=Nc2ccc(Cl)cc2Cl)cc1)c1nc[nH]n1.[Cl-].[Cl-].[Cl-].[Cl-]. The van der Waals surface area contributed by atoms with E-state index < -0.39 is 19.2 Å². The fourth-order valence-electron chi connectivity index (χ4n) is 5.32. The molecule has 14 nitrogen and oxygen atoms in total. The summed E-state index contributed by atoms with van der Waals surface area (Å²) < 4.78 is 9.83. The van der Waals surface area contributed by atoms with E-state index in [9.17, 15) is 9.59 Å². The van der Waals surface area contributed by atoms with E-state index in [4.69, 9.17) is 55.9 Å². The minimum atomic E-state index is -1.22. The van der Waals surface area contributed by atoms with Crippen molar-refractivity contribution in [1.82, 2.24) is 30.4 Å². The third-order valence-electron chi connectivity index (χ3n) is 8.27. The number of azo groups is 2. The fraction of sp³-hybridized carbons (Fsp3) is 0.250. The molecule has 24 heteroatoms. The molecule has 0 bridgehead atoms. The number of benzene rings is 4. The maximum absolute atomic E-state index is 13.1. The second kappa shape index (κ2) is 25.1. The van der Waals surface area contributed by atoms with Gasteiger partial charge in [-0.2, -0.15) is 0 Å². The fourth-order valence-corrected chi connectivity index (χ4v) is 9.85. The van der Waals surface area contributed by atoms with E-state index in [1.54, 1.807) is 84.9 Å². The van der Waals surface area contributed by atoms with Crippen LogP contribution in [-0.2, 0) is 54.6 Å². The van der Waals surface area contributed by atoms with E-state index in [0.29, 0.717) is 103 Å². The number of nitrogens with one attached hydrogen (secondary N) is 2. The number of nitrogens with zero attached hydrogens (tertiary/aromatic N) is 8. The van der Waals surface area contributed by atoms with Crippen LogP contribution < -0.4 is 59.1 Å². The number of ether oxygens (including phenoxy) is 2. The summed E-state index contributed by atoms with van der Waals surface area (Å²) in [5.74, 6) is 1.48. The van der Waals surface area contributed by atoms with Gasteiger partial charge in [0, 0.05) is 0 Å². The van der Waals surface area contributed by atoms with Crippen LogP contribution in [0.4, 0.5) is 22.7 Å². The summed E-state index contributed by atoms with van der Waals surface area (Å²) in [6.07, 6.45) is 2.87. The van der Waals surface area contributed by atoms with Crippen LogP contribution in [0.25, 0.3) is 0 Å². The van der Waals surface area contributed by atoms with Crippen molar-refractivity contribution in [1.29, 1.82) is 0 Å². The first-order valence-electron chi connectivity index (χ1n) is 18.0. The Morgan fingerprint density at radius 2 is 0.859 bits per heavy atom. The van der Waals surface area contributed by atoms with Crippen LogP contribution in [0.3, 0.4) is 0 Å². The molecule has 2 N–H and O–H groups in total. The Morgan fingerprint density at radius 1 is 0.531 bits per heavy atom. The molecule has 330 valence electrons.